The zero-order valence-electron chi connectivity index (χ0n) is 11.7. The van der Waals surface area contributed by atoms with Gasteiger partial charge in [0.25, 0.3) is 0 Å². The molecular weight excluding hydrogens is 343 g/mol. The molecule has 1 aromatic heterocycles. The van der Waals surface area contributed by atoms with Gasteiger partial charge in [0.05, 0.1) is 15.7 Å². The second kappa shape index (κ2) is 6.33. The second-order valence-corrected chi connectivity index (χ2v) is 6.63. The zero-order valence-corrected chi connectivity index (χ0v) is 14.1. The van der Waals surface area contributed by atoms with E-state index in [-0.39, 0.29) is 11.5 Å². The first kappa shape index (κ1) is 15.4. The number of hydrogen-bond acceptors (Lipinski definition) is 4. The molecule has 1 fully saturated rings. The maximum atomic E-state index is 12.1. The highest BCUT2D eigenvalue weighted by atomic mass is 35.5. The Bertz CT molecular complexity index is 828. The highest BCUT2D eigenvalue weighted by molar-refractivity contribution is 7.09. The molecule has 0 atom stereocenters. The molecule has 0 aliphatic heterocycles. The van der Waals surface area contributed by atoms with Crippen LogP contribution in [0.1, 0.15) is 30.7 Å². The molecule has 1 aliphatic rings. The molecule has 0 saturated heterocycles. The number of halogens is 2. The minimum atomic E-state index is -0.162. The first-order valence-corrected chi connectivity index (χ1v) is 8.29. The predicted octanol–water partition coefficient (Wildman–Crippen LogP) is 3.88. The summed E-state index contributed by atoms with van der Waals surface area (Å²) in [4.78, 5) is 12.0. The zero-order chi connectivity index (χ0) is 15.7. The van der Waals surface area contributed by atoms with Crippen molar-refractivity contribution in [1.82, 2.24) is 9.78 Å². The summed E-state index contributed by atoms with van der Waals surface area (Å²) in [6.07, 6.45) is 2.18. The van der Waals surface area contributed by atoms with Crippen molar-refractivity contribution < 1.29 is 4.74 Å². The molecule has 1 aliphatic carbocycles. The van der Waals surface area contributed by atoms with Crippen LogP contribution in [0.2, 0.25) is 10.0 Å². The van der Waals surface area contributed by atoms with Gasteiger partial charge in [0.15, 0.2) is 0 Å². The van der Waals surface area contributed by atoms with Crippen LogP contribution in [-0.4, -0.2) is 16.4 Å². The summed E-state index contributed by atoms with van der Waals surface area (Å²) >= 11 is 13.5. The number of benzene rings is 1. The third-order valence-corrected chi connectivity index (χ3v) is 4.77. The maximum Gasteiger partial charge on any atom is 0.329 e. The van der Waals surface area contributed by atoms with Gasteiger partial charge in [-0.1, -0.05) is 40.5 Å². The number of nitrogens with zero attached hydrogens (tertiary/aromatic N) is 2. The summed E-state index contributed by atoms with van der Waals surface area (Å²) in [6.45, 7) is 1.95. The molecule has 0 radical (unpaired) electrons. The van der Waals surface area contributed by atoms with E-state index in [1.165, 1.54) is 4.68 Å². The molecule has 0 amide bonds. The Kier molecular flexibility index (Phi) is 4.44. The van der Waals surface area contributed by atoms with Gasteiger partial charge < -0.3 is 4.74 Å². The topological polar surface area (TPSA) is 44.1 Å². The van der Waals surface area contributed by atoms with Crippen molar-refractivity contribution in [2.75, 3.05) is 6.61 Å². The number of ether oxygens (including phenoxy) is 1. The van der Waals surface area contributed by atoms with Gasteiger partial charge in [0.2, 0.25) is 0 Å². The van der Waals surface area contributed by atoms with Crippen LogP contribution in [0, 0.1) is 11.8 Å². The van der Waals surface area contributed by atoms with E-state index in [2.05, 4.69) is 16.9 Å². The van der Waals surface area contributed by atoms with Crippen molar-refractivity contribution in [2.45, 2.75) is 25.7 Å². The lowest BCUT2D eigenvalue weighted by Crippen LogP contribution is -2.13. The van der Waals surface area contributed by atoms with E-state index in [4.69, 9.17) is 27.9 Å². The minimum absolute atomic E-state index is 0.162. The highest BCUT2D eigenvalue weighted by Gasteiger charge is 2.28. The Morgan fingerprint density at radius 2 is 2.18 bits per heavy atom. The van der Waals surface area contributed by atoms with Gasteiger partial charge in [-0.3, -0.25) is 4.79 Å². The number of rotatable bonds is 4. The maximum absolute atomic E-state index is 12.1. The van der Waals surface area contributed by atoms with Crippen LogP contribution in [-0.2, 0) is 0 Å². The first-order chi connectivity index (χ1) is 10.6. The first-order valence-electron chi connectivity index (χ1n) is 6.72. The molecule has 7 heteroatoms. The Balaban J connectivity index is 1.99. The number of hydrogen-bond donors (Lipinski definition) is 0. The summed E-state index contributed by atoms with van der Waals surface area (Å²) in [6, 6.07) is 3.18. The summed E-state index contributed by atoms with van der Waals surface area (Å²) in [5.41, 5.74) is 0.471. The van der Waals surface area contributed by atoms with Gasteiger partial charge >= 0.3 is 4.87 Å². The lowest BCUT2D eigenvalue weighted by Gasteiger charge is -2.09. The average Bonchev–Trinajstić information content (AvgIpc) is 3.25. The third-order valence-electron chi connectivity index (χ3n) is 3.20. The van der Waals surface area contributed by atoms with Crippen LogP contribution in [0.3, 0.4) is 0 Å². The van der Waals surface area contributed by atoms with Gasteiger partial charge in [0, 0.05) is 12.0 Å². The fourth-order valence-electron chi connectivity index (χ4n) is 1.92. The monoisotopic (exact) mass is 354 g/mol. The Morgan fingerprint density at radius 1 is 1.41 bits per heavy atom. The largest absolute Gasteiger partial charge is 0.479 e. The Morgan fingerprint density at radius 3 is 2.86 bits per heavy atom. The van der Waals surface area contributed by atoms with Crippen molar-refractivity contribution in [2.24, 2.45) is 0 Å². The molecule has 0 N–H and O–H groups in total. The van der Waals surface area contributed by atoms with Crippen LogP contribution < -0.4 is 9.61 Å². The molecule has 2 aromatic rings. The van der Waals surface area contributed by atoms with E-state index in [9.17, 15) is 4.79 Å². The SMILES string of the molecule is CC#CCOc1cc(-n2nc(C3CC3)sc2=O)c(Cl)cc1Cl. The average molecular weight is 355 g/mol. The molecule has 1 heterocycles. The van der Waals surface area contributed by atoms with Gasteiger partial charge in [-0.25, -0.2) is 0 Å². The van der Waals surface area contributed by atoms with Crippen molar-refractivity contribution in [3.63, 3.8) is 0 Å². The fraction of sp³-hybridized carbons (Fsp3) is 0.333. The van der Waals surface area contributed by atoms with Gasteiger partial charge in [0.1, 0.15) is 17.4 Å². The lowest BCUT2D eigenvalue weighted by molar-refractivity contribution is 0.370. The summed E-state index contributed by atoms with van der Waals surface area (Å²) < 4.78 is 6.81. The van der Waals surface area contributed by atoms with Crippen molar-refractivity contribution in [3.8, 4) is 23.3 Å². The van der Waals surface area contributed by atoms with Gasteiger partial charge in [-0.2, -0.15) is 9.78 Å². The van der Waals surface area contributed by atoms with Crippen LogP contribution in [0.15, 0.2) is 16.9 Å². The van der Waals surface area contributed by atoms with E-state index >= 15 is 0 Å². The fourth-order valence-corrected chi connectivity index (χ4v) is 3.36. The molecule has 0 bridgehead atoms. The lowest BCUT2D eigenvalue weighted by atomic mass is 10.3. The van der Waals surface area contributed by atoms with Crippen LogP contribution in [0.5, 0.6) is 5.75 Å². The molecule has 3 rings (SSSR count). The van der Waals surface area contributed by atoms with Crippen molar-refractivity contribution in [3.05, 3.63) is 36.9 Å². The smallest absolute Gasteiger partial charge is 0.329 e. The van der Waals surface area contributed by atoms with Crippen LogP contribution in [0.25, 0.3) is 5.69 Å². The second-order valence-electron chi connectivity index (χ2n) is 4.84. The van der Waals surface area contributed by atoms with E-state index < -0.39 is 0 Å². The summed E-state index contributed by atoms with van der Waals surface area (Å²) in [5, 5.41) is 5.97. The number of aromatic nitrogens is 2. The van der Waals surface area contributed by atoms with Gasteiger partial charge in [-0.15, -0.1) is 5.92 Å². The molecule has 1 saturated carbocycles. The van der Waals surface area contributed by atoms with Crippen LogP contribution in [0.4, 0.5) is 0 Å². The minimum Gasteiger partial charge on any atom is -0.479 e. The van der Waals surface area contributed by atoms with Crippen molar-refractivity contribution >= 4 is 34.5 Å². The predicted molar refractivity (Wildman–Crippen MR) is 88.7 cm³/mol. The molecule has 22 heavy (non-hydrogen) atoms. The highest BCUT2D eigenvalue weighted by Crippen LogP contribution is 2.40. The quantitative estimate of drug-likeness (QED) is 0.782. The Hall–Kier alpha value is -1.48. The molecule has 0 spiro atoms. The molecule has 114 valence electrons. The third kappa shape index (κ3) is 3.14. The summed E-state index contributed by atoms with van der Waals surface area (Å²) in [7, 11) is 0. The van der Waals surface area contributed by atoms with Gasteiger partial charge in [-0.05, 0) is 25.8 Å². The standard InChI is InChI=1S/C15H12Cl2N2O2S/c1-2-3-6-21-13-8-12(10(16)7-11(13)17)19-15(20)22-14(18-19)9-4-5-9/h7-9H,4-6H2,1H3. The molecule has 1 aromatic carbocycles. The summed E-state index contributed by atoms with van der Waals surface area (Å²) in [5.74, 6) is 6.37. The van der Waals surface area contributed by atoms with E-state index in [0.29, 0.717) is 27.4 Å². The van der Waals surface area contributed by atoms with Crippen LogP contribution >= 0.6 is 34.5 Å². The van der Waals surface area contributed by atoms with E-state index in [0.717, 1.165) is 29.2 Å². The van der Waals surface area contributed by atoms with E-state index in [1.54, 1.807) is 19.1 Å². The molecule has 4 nitrogen and oxygen atoms in total. The molecule has 0 unspecified atom stereocenters. The van der Waals surface area contributed by atoms with Crippen molar-refractivity contribution in [1.29, 1.82) is 0 Å². The normalized spacial score (nSPS) is 13.6. The van der Waals surface area contributed by atoms with E-state index in [1.807, 2.05) is 0 Å². The molecular formula is C15H12Cl2N2O2S. The Labute approximate surface area is 141 Å².